The van der Waals surface area contributed by atoms with Gasteiger partial charge >= 0.3 is 0 Å². The quantitative estimate of drug-likeness (QED) is 0.720. The lowest BCUT2D eigenvalue weighted by Crippen LogP contribution is -2.33. The Balaban J connectivity index is 1.69. The van der Waals surface area contributed by atoms with Gasteiger partial charge < -0.3 is 4.90 Å². The fourth-order valence-electron chi connectivity index (χ4n) is 2.92. The van der Waals surface area contributed by atoms with Crippen molar-refractivity contribution in [2.45, 2.75) is 31.1 Å². The number of carbonyl (C=O) groups excluding carboxylic acids is 1. The molecule has 0 unspecified atom stereocenters. The molecule has 3 rings (SSSR count). The van der Waals surface area contributed by atoms with Crippen LogP contribution in [0.5, 0.6) is 0 Å². The van der Waals surface area contributed by atoms with Gasteiger partial charge in [-0.1, -0.05) is 36.4 Å². The zero-order valence-electron chi connectivity index (χ0n) is 15.6. The summed E-state index contributed by atoms with van der Waals surface area (Å²) in [5, 5.41) is 0. The third kappa shape index (κ3) is 5.40. The van der Waals surface area contributed by atoms with Crippen LogP contribution in [0, 0.1) is 5.92 Å². The lowest BCUT2D eigenvalue weighted by atomic mass is 10.1. The van der Waals surface area contributed by atoms with Crippen molar-refractivity contribution in [1.82, 2.24) is 9.62 Å². The number of likely N-dealkylation sites (N-methyl/N-ethyl adjacent to an activating group) is 1. The second-order valence-corrected chi connectivity index (χ2v) is 8.71. The van der Waals surface area contributed by atoms with Gasteiger partial charge in [-0.2, -0.15) is 0 Å². The molecule has 1 saturated carbocycles. The van der Waals surface area contributed by atoms with Crippen molar-refractivity contribution in [3.05, 3.63) is 65.7 Å². The molecular formula is C21H26N2O3S. The third-order valence-corrected chi connectivity index (χ3v) is 6.25. The summed E-state index contributed by atoms with van der Waals surface area (Å²) in [7, 11) is -3.58. The largest absolute Gasteiger partial charge is 0.339 e. The Morgan fingerprint density at radius 2 is 1.85 bits per heavy atom. The van der Waals surface area contributed by atoms with E-state index in [2.05, 4.69) is 4.72 Å². The Morgan fingerprint density at radius 1 is 1.11 bits per heavy atom. The van der Waals surface area contributed by atoms with Crippen molar-refractivity contribution in [1.29, 1.82) is 0 Å². The topological polar surface area (TPSA) is 66.5 Å². The number of carbonyl (C=O) groups is 1. The number of hydrogen-bond donors (Lipinski definition) is 1. The molecule has 5 nitrogen and oxygen atoms in total. The van der Waals surface area contributed by atoms with E-state index in [0.29, 0.717) is 31.1 Å². The van der Waals surface area contributed by atoms with E-state index in [9.17, 15) is 13.2 Å². The van der Waals surface area contributed by atoms with Crippen LogP contribution in [-0.2, 0) is 16.4 Å². The van der Waals surface area contributed by atoms with Gasteiger partial charge in [0, 0.05) is 25.2 Å². The molecule has 1 aliphatic rings. The summed E-state index contributed by atoms with van der Waals surface area (Å²) in [5.41, 5.74) is 1.57. The van der Waals surface area contributed by atoms with E-state index in [0.717, 1.165) is 19.3 Å². The van der Waals surface area contributed by atoms with Crippen LogP contribution in [0.2, 0.25) is 0 Å². The average molecular weight is 387 g/mol. The van der Waals surface area contributed by atoms with Crippen LogP contribution in [0.3, 0.4) is 0 Å². The summed E-state index contributed by atoms with van der Waals surface area (Å²) in [6.07, 6.45) is 2.92. The van der Waals surface area contributed by atoms with Gasteiger partial charge in [-0.25, -0.2) is 13.1 Å². The summed E-state index contributed by atoms with van der Waals surface area (Å²) < 4.78 is 27.5. The first-order chi connectivity index (χ1) is 13.0. The number of sulfonamides is 1. The van der Waals surface area contributed by atoms with Crippen molar-refractivity contribution in [2.24, 2.45) is 5.92 Å². The maximum Gasteiger partial charge on any atom is 0.253 e. The molecule has 1 aliphatic carbocycles. The molecule has 6 heteroatoms. The molecular weight excluding hydrogens is 360 g/mol. The van der Waals surface area contributed by atoms with Gasteiger partial charge in [-0.3, -0.25) is 4.79 Å². The zero-order chi connectivity index (χ0) is 19.3. The van der Waals surface area contributed by atoms with Gasteiger partial charge in [0.05, 0.1) is 4.90 Å². The predicted octanol–water partition coefficient (Wildman–Crippen LogP) is 3.08. The molecule has 0 bridgehead atoms. The number of benzene rings is 2. The molecule has 144 valence electrons. The van der Waals surface area contributed by atoms with Crippen molar-refractivity contribution < 1.29 is 13.2 Å². The van der Waals surface area contributed by atoms with Crippen LogP contribution >= 0.6 is 0 Å². The highest BCUT2D eigenvalue weighted by molar-refractivity contribution is 7.89. The first kappa shape index (κ1) is 19.6. The van der Waals surface area contributed by atoms with Crippen molar-refractivity contribution in [3.8, 4) is 0 Å². The van der Waals surface area contributed by atoms with E-state index in [-0.39, 0.29) is 10.8 Å². The number of hydrogen-bond acceptors (Lipinski definition) is 3. The first-order valence-corrected chi connectivity index (χ1v) is 10.9. The monoisotopic (exact) mass is 386 g/mol. The summed E-state index contributed by atoms with van der Waals surface area (Å²) in [4.78, 5) is 14.8. The molecule has 0 spiro atoms. The van der Waals surface area contributed by atoms with Gasteiger partial charge in [0.1, 0.15) is 0 Å². The fourth-order valence-corrected chi connectivity index (χ4v) is 4.09. The Bertz CT molecular complexity index is 877. The highest BCUT2D eigenvalue weighted by Gasteiger charge is 2.25. The summed E-state index contributed by atoms with van der Waals surface area (Å²) >= 11 is 0. The third-order valence-electron chi connectivity index (χ3n) is 4.83. The van der Waals surface area contributed by atoms with Crippen LogP contribution in [0.15, 0.2) is 59.5 Å². The lowest BCUT2D eigenvalue weighted by molar-refractivity contribution is 0.0766. The molecule has 2 aromatic carbocycles. The van der Waals surface area contributed by atoms with Gasteiger partial charge in [-0.05, 0) is 55.9 Å². The Morgan fingerprint density at radius 3 is 2.52 bits per heavy atom. The maximum atomic E-state index is 12.9. The van der Waals surface area contributed by atoms with E-state index < -0.39 is 10.0 Å². The molecule has 2 aromatic rings. The second-order valence-electron chi connectivity index (χ2n) is 6.94. The molecule has 0 radical (unpaired) electrons. The van der Waals surface area contributed by atoms with Crippen LogP contribution in [-0.4, -0.2) is 38.9 Å². The van der Waals surface area contributed by atoms with Crippen LogP contribution < -0.4 is 4.72 Å². The van der Waals surface area contributed by atoms with Crippen LogP contribution in [0.25, 0.3) is 0 Å². The molecule has 0 heterocycles. The minimum Gasteiger partial charge on any atom is -0.339 e. The van der Waals surface area contributed by atoms with Crippen molar-refractivity contribution in [3.63, 3.8) is 0 Å². The number of nitrogens with one attached hydrogen (secondary N) is 1. The van der Waals surface area contributed by atoms with Crippen LogP contribution in [0.4, 0.5) is 0 Å². The molecule has 0 atom stereocenters. The molecule has 0 saturated heterocycles. The smallest absolute Gasteiger partial charge is 0.253 e. The van der Waals surface area contributed by atoms with Gasteiger partial charge in [0.2, 0.25) is 10.0 Å². The van der Waals surface area contributed by atoms with E-state index in [1.807, 2.05) is 37.3 Å². The van der Waals surface area contributed by atoms with E-state index in [1.54, 1.807) is 17.0 Å². The Kier molecular flexibility index (Phi) is 6.29. The highest BCUT2D eigenvalue weighted by Crippen LogP contribution is 2.28. The zero-order valence-corrected chi connectivity index (χ0v) is 16.4. The fraction of sp³-hybridized carbons (Fsp3) is 0.381. The van der Waals surface area contributed by atoms with E-state index in [4.69, 9.17) is 0 Å². The van der Waals surface area contributed by atoms with Gasteiger partial charge in [0.15, 0.2) is 0 Å². The number of nitrogens with zero attached hydrogens (tertiary/aromatic N) is 1. The normalized spacial score (nSPS) is 14.1. The van der Waals surface area contributed by atoms with E-state index in [1.165, 1.54) is 17.7 Å². The predicted molar refractivity (Wildman–Crippen MR) is 106 cm³/mol. The second kappa shape index (κ2) is 8.67. The lowest BCUT2D eigenvalue weighted by Gasteiger charge is -2.21. The average Bonchev–Trinajstić information content (AvgIpc) is 3.52. The van der Waals surface area contributed by atoms with Crippen LogP contribution in [0.1, 0.15) is 35.7 Å². The highest BCUT2D eigenvalue weighted by atomic mass is 32.2. The van der Waals surface area contributed by atoms with Crippen molar-refractivity contribution >= 4 is 15.9 Å². The summed E-state index contributed by atoms with van der Waals surface area (Å²) in [5.74, 6) is 0.311. The molecule has 1 amide bonds. The molecule has 1 N–H and O–H groups in total. The SMILES string of the molecule is CCN(CCc1ccccc1)C(=O)c1cccc(S(=O)(=O)NCC2CC2)c1. The minimum absolute atomic E-state index is 0.146. The molecule has 0 aliphatic heterocycles. The number of amides is 1. The first-order valence-electron chi connectivity index (χ1n) is 9.42. The summed E-state index contributed by atoms with van der Waals surface area (Å²) in [6.45, 7) is 3.57. The minimum atomic E-state index is -3.58. The van der Waals surface area contributed by atoms with Gasteiger partial charge in [-0.15, -0.1) is 0 Å². The molecule has 27 heavy (non-hydrogen) atoms. The Labute approximate surface area is 161 Å². The van der Waals surface area contributed by atoms with Crippen molar-refractivity contribution in [2.75, 3.05) is 19.6 Å². The maximum absolute atomic E-state index is 12.9. The van der Waals surface area contributed by atoms with Gasteiger partial charge in [0.25, 0.3) is 5.91 Å². The summed E-state index contributed by atoms with van der Waals surface area (Å²) in [6, 6.07) is 16.3. The molecule has 0 aromatic heterocycles. The molecule has 1 fully saturated rings. The Hall–Kier alpha value is -2.18. The van der Waals surface area contributed by atoms with E-state index >= 15 is 0 Å². The standard InChI is InChI=1S/C21H26N2O3S/c1-2-23(14-13-17-7-4-3-5-8-17)21(24)19-9-6-10-20(15-19)27(25,26)22-16-18-11-12-18/h3-10,15,18,22H,2,11-14,16H2,1H3. The number of rotatable bonds is 9.